The van der Waals surface area contributed by atoms with E-state index >= 15 is 0 Å². The van der Waals surface area contributed by atoms with Gasteiger partial charge in [-0.05, 0) is 24.7 Å². The summed E-state index contributed by atoms with van der Waals surface area (Å²) in [5.74, 6) is -0.245. The zero-order chi connectivity index (χ0) is 18.4. The van der Waals surface area contributed by atoms with Crippen LogP contribution in [0.5, 0.6) is 0 Å². The highest BCUT2D eigenvalue weighted by Crippen LogP contribution is 2.22. The molecule has 0 aromatic rings. The molecule has 0 spiro atoms. The van der Waals surface area contributed by atoms with Gasteiger partial charge in [-0.25, -0.2) is 0 Å². The first kappa shape index (κ1) is 23.1. The molecule has 1 unspecified atom stereocenters. The molecule has 0 aromatic heterocycles. The van der Waals surface area contributed by atoms with Crippen molar-refractivity contribution in [2.45, 2.75) is 85.2 Å². The van der Waals surface area contributed by atoms with E-state index in [2.05, 4.69) is 27.7 Å². The standard InChI is InChI=1S/C19H36O5/c1-5-6-7-10-16(20)13-23-14-17(21)15-24-18(22)11-8-9-12-19(2,3)4/h17,21H,5-15H2,1-4H3. The quantitative estimate of drug-likeness (QED) is 0.384. The van der Waals surface area contributed by atoms with E-state index in [1.165, 1.54) is 0 Å². The highest BCUT2D eigenvalue weighted by Gasteiger charge is 2.12. The second-order valence-corrected chi connectivity index (χ2v) is 7.62. The van der Waals surface area contributed by atoms with Crippen molar-refractivity contribution < 1.29 is 24.2 Å². The second kappa shape index (κ2) is 13.4. The van der Waals surface area contributed by atoms with Gasteiger partial charge in [0, 0.05) is 12.8 Å². The smallest absolute Gasteiger partial charge is 0.305 e. The molecule has 5 heteroatoms. The predicted molar refractivity (Wildman–Crippen MR) is 94.9 cm³/mol. The SMILES string of the molecule is CCCCCC(=O)COCC(O)COC(=O)CCCCC(C)(C)C. The number of carbonyl (C=O) groups is 2. The van der Waals surface area contributed by atoms with E-state index in [4.69, 9.17) is 9.47 Å². The van der Waals surface area contributed by atoms with Gasteiger partial charge in [-0.3, -0.25) is 9.59 Å². The van der Waals surface area contributed by atoms with Crippen molar-refractivity contribution >= 4 is 11.8 Å². The summed E-state index contributed by atoms with van der Waals surface area (Å²) in [7, 11) is 0. The lowest BCUT2D eigenvalue weighted by Gasteiger charge is -2.17. The molecule has 0 aliphatic carbocycles. The lowest BCUT2D eigenvalue weighted by Crippen LogP contribution is -2.25. The van der Waals surface area contributed by atoms with Crippen molar-refractivity contribution in [3.05, 3.63) is 0 Å². The van der Waals surface area contributed by atoms with Gasteiger partial charge >= 0.3 is 5.97 Å². The van der Waals surface area contributed by atoms with Gasteiger partial charge < -0.3 is 14.6 Å². The molecule has 0 saturated heterocycles. The molecule has 0 radical (unpaired) electrons. The molecule has 1 atom stereocenters. The van der Waals surface area contributed by atoms with Crippen LogP contribution in [-0.2, 0) is 19.1 Å². The summed E-state index contributed by atoms with van der Waals surface area (Å²) in [5, 5.41) is 9.69. The summed E-state index contributed by atoms with van der Waals surface area (Å²) in [6.07, 6.45) is 5.88. The Kier molecular flexibility index (Phi) is 12.8. The molecule has 0 fully saturated rings. The molecule has 0 aliphatic heterocycles. The maximum atomic E-state index is 11.6. The number of aliphatic hydroxyl groups excluding tert-OH is 1. The maximum Gasteiger partial charge on any atom is 0.305 e. The summed E-state index contributed by atoms with van der Waals surface area (Å²) in [6, 6.07) is 0. The number of esters is 1. The van der Waals surface area contributed by atoms with Gasteiger partial charge in [-0.15, -0.1) is 0 Å². The van der Waals surface area contributed by atoms with E-state index < -0.39 is 6.10 Å². The molecule has 0 amide bonds. The largest absolute Gasteiger partial charge is 0.463 e. The molecule has 0 aliphatic rings. The summed E-state index contributed by atoms with van der Waals surface area (Å²) in [5.41, 5.74) is 0.283. The van der Waals surface area contributed by atoms with Crippen molar-refractivity contribution in [2.75, 3.05) is 19.8 Å². The van der Waals surface area contributed by atoms with Crippen LogP contribution in [0.4, 0.5) is 0 Å². The fraction of sp³-hybridized carbons (Fsp3) is 0.895. The van der Waals surface area contributed by atoms with E-state index in [1.54, 1.807) is 0 Å². The van der Waals surface area contributed by atoms with Crippen LogP contribution in [-0.4, -0.2) is 42.8 Å². The molecule has 24 heavy (non-hydrogen) atoms. The average molecular weight is 344 g/mol. The normalized spacial score (nSPS) is 12.9. The second-order valence-electron chi connectivity index (χ2n) is 7.62. The molecule has 1 N–H and O–H groups in total. The number of ketones is 1. The number of ether oxygens (including phenoxy) is 2. The van der Waals surface area contributed by atoms with Crippen molar-refractivity contribution in [3.8, 4) is 0 Å². The van der Waals surface area contributed by atoms with Gasteiger partial charge in [0.2, 0.25) is 0 Å². The van der Waals surface area contributed by atoms with Gasteiger partial charge in [-0.2, -0.15) is 0 Å². The zero-order valence-electron chi connectivity index (χ0n) is 15.9. The van der Waals surface area contributed by atoms with Crippen LogP contribution in [0.25, 0.3) is 0 Å². The molecular weight excluding hydrogens is 308 g/mol. The van der Waals surface area contributed by atoms with Crippen LogP contribution in [0.3, 0.4) is 0 Å². The summed E-state index contributed by atoms with van der Waals surface area (Å²) in [6.45, 7) is 8.56. The number of rotatable bonds is 14. The number of unbranched alkanes of at least 4 members (excludes halogenated alkanes) is 3. The Morgan fingerprint density at radius 2 is 1.67 bits per heavy atom. The summed E-state index contributed by atoms with van der Waals surface area (Å²) >= 11 is 0. The zero-order valence-corrected chi connectivity index (χ0v) is 15.9. The Morgan fingerprint density at radius 1 is 1.00 bits per heavy atom. The molecule has 0 aromatic carbocycles. The first-order valence-electron chi connectivity index (χ1n) is 9.17. The van der Waals surface area contributed by atoms with Crippen LogP contribution < -0.4 is 0 Å². The molecule has 0 heterocycles. The van der Waals surface area contributed by atoms with Crippen molar-refractivity contribution in [3.63, 3.8) is 0 Å². The van der Waals surface area contributed by atoms with Gasteiger partial charge in [-0.1, -0.05) is 47.0 Å². The molecular formula is C19H36O5. The van der Waals surface area contributed by atoms with Gasteiger partial charge in [0.05, 0.1) is 6.61 Å². The Bertz CT molecular complexity index is 346. The first-order valence-corrected chi connectivity index (χ1v) is 9.17. The lowest BCUT2D eigenvalue weighted by molar-refractivity contribution is -0.148. The van der Waals surface area contributed by atoms with Crippen LogP contribution >= 0.6 is 0 Å². The summed E-state index contributed by atoms with van der Waals surface area (Å²) < 4.78 is 10.2. The Hall–Kier alpha value is -0.940. The van der Waals surface area contributed by atoms with Crippen LogP contribution in [0.15, 0.2) is 0 Å². The minimum Gasteiger partial charge on any atom is -0.463 e. The average Bonchev–Trinajstić information content (AvgIpc) is 2.49. The summed E-state index contributed by atoms with van der Waals surface area (Å²) in [4.78, 5) is 23.1. The molecule has 0 rings (SSSR count). The predicted octanol–water partition coefficient (Wildman–Crippen LogP) is 3.66. The Labute approximate surface area is 147 Å². The Morgan fingerprint density at radius 3 is 2.29 bits per heavy atom. The maximum absolute atomic E-state index is 11.6. The lowest BCUT2D eigenvalue weighted by atomic mass is 9.89. The fourth-order valence-corrected chi connectivity index (χ4v) is 2.19. The van der Waals surface area contributed by atoms with E-state index in [0.29, 0.717) is 12.8 Å². The third kappa shape index (κ3) is 15.9. The van der Waals surface area contributed by atoms with E-state index in [-0.39, 0.29) is 37.0 Å². The van der Waals surface area contributed by atoms with E-state index in [9.17, 15) is 14.7 Å². The highest BCUT2D eigenvalue weighted by atomic mass is 16.5. The van der Waals surface area contributed by atoms with Crippen molar-refractivity contribution in [1.29, 1.82) is 0 Å². The first-order chi connectivity index (χ1) is 11.2. The number of aliphatic hydroxyl groups is 1. The minimum atomic E-state index is -0.882. The van der Waals surface area contributed by atoms with Crippen LogP contribution in [0.2, 0.25) is 0 Å². The monoisotopic (exact) mass is 344 g/mol. The van der Waals surface area contributed by atoms with Gasteiger partial charge in [0.1, 0.15) is 19.3 Å². The molecule has 5 nitrogen and oxygen atoms in total. The third-order valence-corrected chi connectivity index (χ3v) is 3.63. The number of hydrogen-bond donors (Lipinski definition) is 1. The molecule has 0 saturated carbocycles. The third-order valence-electron chi connectivity index (χ3n) is 3.63. The number of hydrogen-bond acceptors (Lipinski definition) is 5. The van der Waals surface area contributed by atoms with E-state index in [0.717, 1.165) is 38.5 Å². The number of carbonyl (C=O) groups excluding carboxylic acids is 2. The fourth-order valence-electron chi connectivity index (χ4n) is 2.19. The minimum absolute atomic E-state index is 0.0107. The van der Waals surface area contributed by atoms with Gasteiger partial charge in [0.15, 0.2) is 5.78 Å². The van der Waals surface area contributed by atoms with Crippen molar-refractivity contribution in [1.82, 2.24) is 0 Å². The molecule has 0 bridgehead atoms. The number of Topliss-reactive ketones (excluding diaryl/α,β-unsaturated/α-hetero) is 1. The van der Waals surface area contributed by atoms with Crippen molar-refractivity contribution in [2.24, 2.45) is 5.41 Å². The van der Waals surface area contributed by atoms with Crippen LogP contribution in [0.1, 0.15) is 79.1 Å². The van der Waals surface area contributed by atoms with Gasteiger partial charge in [0.25, 0.3) is 0 Å². The van der Waals surface area contributed by atoms with E-state index in [1.807, 2.05) is 0 Å². The topological polar surface area (TPSA) is 72.8 Å². The molecule has 142 valence electrons. The highest BCUT2D eigenvalue weighted by molar-refractivity contribution is 5.79. The van der Waals surface area contributed by atoms with Crippen LogP contribution in [0, 0.1) is 5.41 Å². The Balaban J connectivity index is 3.58.